The van der Waals surface area contributed by atoms with E-state index in [0.29, 0.717) is 6.61 Å². The van der Waals surface area contributed by atoms with Crippen LogP contribution in [0.3, 0.4) is 0 Å². The van der Waals surface area contributed by atoms with Gasteiger partial charge in [0.2, 0.25) is 0 Å². The van der Waals surface area contributed by atoms with Gasteiger partial charge in [0.15, 0.2) is 0 Å². The summed E-state index contributed by atoms with van der Waals surface area (Å²) in [6, 6.07) is 16.8. The first-order valence-corrected chi connectivity index (χ1v) is 8.23. The minimum Gasteiger partial charge on any atom is -0.494 e. The van der Waals surface area contributed by atoms with Crippen LogP contribution in [0.4, 0.5) is 11.4 Å². The van der Waals surface area contributed by atoms with Crippen molar-refractivity contribution in [2.24, 2.45) is 0 Å². The summed E-state index contributed by atoms with van der Waals surface area (Å²) in [6.45, 7) is 7.05. The smallest absolute Gasteiger partial charge is 0.119 e. The van der Waals surface area contributed by atoms with Gasteiger partial charge in [-0.15, -0.1) is 0 Å². The first-order valence-electron chi connectivity index (χ1n) is 8.23. The van der Waals surface area contributed by atoms with Crippen LogP contribution >= 0.6 is 0 Å². The molecule has 23 heavy (non-hydrogen) atoms. The summed E-state index contributed by atoms with van der Waals surface area (Å²) in [7, 11) is 0. The average molecular weight is 312 g/mol. The number of morpholine rings is 1. The molecule has 0 aliphatic carbocycles. The fourth-order valence-electron chi connectivity index (χ4n) is 2.73. The van der Waals surface area contributed by atoms with Gasteiger partial charge in [-0.3, -0.25) is 0 Å². The first kappa shape index (κ1) is 15.7. The molecule has 1 heterocycles. The van der Waals surface area contributed by atoms with Crippen molar-refractivity contribution in [2.75, 3.05) is 43.1 Å². The van der Waals surface area contributed by atoms with Crippen LogP contribution in [0.5, 0.6) is 5.75 Å². The third-order valence-corrected chi connectivity index (χ3v) is 3.95. The Morgan fingerprint density at radius 3 is 2.61 bits per heavy atom. The van der Waals surface area contributed by atoms with Gasteiger partial charge in [-0.25, -0.2) is 0 Å². The van der Waals surface area contributed by atoms with Gasteiger partial charge in [0.25, 0.3) is 0 Å². The van der Waals surface area contributed by atoms with Crippen LogP contribution < -0.4 is 15.0 Å². The molecule has 1 N–H and O–H groups in total. The average Bonchev–Trinajstić information content (AvgIpc) is 2.62. The lowest BCUT2D eigenvalue weighted by atomic mass is 10.2. The molecule has 3 rings (SSSR count). The third kappa shape index (κ3) is 4.39. The van der Waals surface area contributed by atoms with Gasteiger partial charge in [-0.05, 0) is 48.9 Å². The molecule has 1 aliphatic rings. The van der Waals surface area contributed by atoms with Crippen LogP contribution in [0, 0.1) is 0 Å². The van der Waals surface area contributed by atoms with E-state index in [-0.39, 0.29) is 0 Å². The van der Waals surface area contributed by atoms with E-state index in [4.69, 9.17) is 9.47 Å². The van der Waals surface area contributed by atoms with Crippen molar-refractivity contribution in [1.82, 2.24) is 0 Å². The Morgan fingerprint density at radius 2 is 1.87 bits per heavy atom. The van der Waals surface area contributed by atoms with Gasteiger partial charge in [-0.1, -0.05) is 12.1 Å². The molecule has 1 aliphatic heterocycles. The monoisotopic (exact) mass is 312 g/mol. The quantitative estimate of drug-likeness (QED) is 0.884. The standard InChI is InChI=1S/C19H24N2O2/c1-2-23-19-5-3-4-16(14-19)15-20-17-6-8-18(9-7-17)21-10-12-22-13-11-21/h3-9,14,20H,2,10-13,15H2,1H3. The van der Waals surface area contributed by atoms with E-state index in [1.807, 2.05) is 19.1 Å². The normalized spacial score (nSPS) is 14.6. The zero-order chi connectivity index (χ0) is 15.9. The second kappa shape index (κ2) is 7.88. The molecular weight excluding hydrogens is 288 g/mol. The third-order valence-electron chi connectivity index (χ3n) is 3.95. The first-order chi connectivity index (χ1) is 11.3. The lowest BCUT2D eigenvalue weighted by molar-refractivity contribution is 0.122. The maximum absolute atomic E-state index is 5.54. The van der Waals surface area contributed by atoms with E-state index in [2.05, 4.69) is 46.6 Å². The van der Waals surface area contributed by atoms with Gasteiger partial charge < -0.3 is 19.7 Å². The minimum absolute atomic E-state index is 0.694. The van der Waals surface area contributed by atoms with Crippen LogP contribution in [0.25, 0.3) is 0 Å². The summed E-state index contributed by atoms with van der Waals surface area (Å²) in [5.41, 5.74) is 3.61. The van der Waals surface area contributed by atoms with Crippen molar-refractivity contribution in [3.63, 3.8) is 0 Å². The molecule has 0 saturated carbocycles. The number of nitrogens with one attached hydrogen (secondary N) is 1. The van der Waals surface area contributed by atoms with Crippen LogP contribution in [0.1, 0.15) is 12.5 Å². The van der Waals surface area contributed by atoms with E-state index >= 15 is 0 Å². The molecule has 2 aromatic rings. The zero-order valence-corrected chi connectivity index (χ0v) is 13.6. The highest BCUT2D eigenvalue weighted by molar-refractivity contribution is 5.55. The van der Waals surface area contributed by atoms with Gasteiger partial charge >= 0.3 is 0 Å². The predicted octanol–water partition coefficient (Wildman–Crippen LogP) is 3.53. The Bertz CT molecular complexity index is 607. The number of nitrogens with zero attached hydrogens (tertiary/aromatic N) is 1. The van der Waals surface area contributed by atoms with E-state index in [1.165, 1.54) is 11.3 Å². The molecule has 0 radical (unpaired) electrons. The summed E-state index contributed by atoms with van der Waals surface area (Å²) >= 11 is 0. The topological polar surface area (TPSA) is 33.7 Å². The van der Waals surface area contributed by atoms with E-state index in [0.717, 1.165) is 44.3 Å². The van der Waals surface area contributed by atoms with Crippen molar-refractivity contribution in [3.8, 4) is 5.75 Å². The highest BCUT2D eigenvalue weighted by atomic mass is 16.5. The second-order valence-corrected chi connectivity index (χ2v) is 5.58. The van der Waals surface area contributed by atoms with Crippen molar-refractivity contribution < 1.29 is 9.47 Å². The number of hydrogen-bond acceptors (Lipinski definition) is 4. The van der Waals surface area contributed by atoms with Crippen molar-refractivity contribution in [3.05, 3.63) is 54.1 Å². The van der Waals surface area contributed by atoms with Crippen LogP contribution in [0.2, 0.25) is 0 Å². The predicted molar refractivity (Wildman–Crippen MR) is 94.4 cm³/mol. The van der Waals surface area contributed by atoms with Gasteiger partial charge in [0, 0.05) is 31.0 Å². The fraction of sp³-hybridized carbons (Fsp3) is 0.368. The fourth-order valence-corrected chi connectivity index (χ4v) is 2.73. The highest BCUT2D eigenvalue weighted by Crippen LogP contribution is 2.20. The number of hydrogen-bond donors (Lipinski definition) is 1. The summed E-state index contributed by atoms with van der Waals surface area (Å²) in [4.78, 5) is 2.36. The van der Waals surface area contributed by atoms with Crippen molar-refractivity contribution >= 4 is 11.4 Å². The number of benzene rings is 2. The largest absolute Gasteiger partial charge is 0.494 e. The lowest BCUT2D eigenvalue weighted by Crippen LogP contribution is -2.36. The molecule has 2 aromatic carbocycles. The molecule has 4 nitrogen and oxygen atoms in total. The summed E-state index contributed by atoms with van der Waals surface area (Å²) in [6.07, 6.45) is 0. The van der Waals surface area contributed by atoms with Crippen molar-refractivity contribution in [2.45, 2.75) is 13.5 Å². The molecule has 0 unspecified atom stereocenters. The molecule has 0 bridgehead atoms. The summed E-state index contributed by atoms with van der Waals surface area (Å²) in [5.74, 6) is 0.925. The molecule has 1 fully saturated rings. The summed E-state index contributed by atoms with van der Waals surface area (Å²) < 4.78 is 10.9. The Kier molecular flexibility index (Phi) is 5.37. The molecule has 0 amide bonds. The SMILES string of the molecule is CCOc1cccc(CNc2ccc(N3CCOCC3)cc2)c1. The van der Waals surface area contributed by atoms with Gasteiger partial charge in [0.1, 0.15) is 5.75 Å². The number of ether oxygens (including phenoxy) is 2. The Labute approximate surface area is 138 Å². The van der Waals surface area contributed by atoms with Gasteiger partial charge in [-0.2, -0.15) is 0 Å². The second-order valence-electron chi connectivity index (χ2n) is 5.58. The molecule has 0 atom stereocenters. The van der Waals surface area contributed by atoms with E-state index < -0.39 is 0 Å². The molecule has 0 aromatic heterocycles. The molecule has 122 valence electrons. The Balaban J connectivity index is 1.57. The lowest BCUT2D eigenvalue weighted by Gasteiger charge is -2.28. The van der Waals surface area contributed by atoms with Crippen molar-refractivity contribution in [1.29, 1.82) is 0 Å². The number of rotatable bonds is 6. The highest BCUT2D eigenvalue weighted by Gasteiger charge is 2.10. The maximum atomic E-state index is 5.54. The van der Waals surface area contributed by atoms with Crippen LogP contribution in [-0.4, -0.2) is 32.9 Å². The molecule has 4 heteroatoms. The zero-order valence-electron chi connectivity index (χ0n) is 13.6. The number of anilines is 2. The van der Waals surface area contributed by atoms with Gasteiger partial charge in [0.05, 0.1) is 19.8 Å². The molecule has 1 saturated heterocycles. The van der Waals surface area contributed by atoms with Crippen LogP contribution in [0.15, 0.2) is 48.5 Å². The Morgan fingerprint density at radius 1 is 1.09 bits per heavy atom. The Hall–Kier alpha value is -2.20. The summed E-state index contributed by atoms with van der Waals surface area (Å²) in [5, 5.41) is 3.46. The van der Waals surface area contributed by atoms with E-state index in [1.54, 1.807) is 0 Å². The molecule has 0 spiro atoms. The van der Waals surface area contributed by atoms with E-state index in [9.17, 15) is 0 Å². The molecular formula is C19H24N2O2. The maximum Gasteiger partial charge on any atom is 0.119 e. The van der Waals surface area contributed by atoms with Crippen LogP contribution in [-0.2, 0) is 11.3 Å². The minimum atomic E-state index is 0.694.